The second kappa shape index (κ2) is 73.1. The minimum Gasteiger partial charge on any atom is -0.462 e. The molecular formula is C81H149O14P. The number of carbonyl (C=O) groups excluding carboxylic acids is 4. The number of rotatable bonds is 75. The number of carbonyl (C=O) groups is 4. The fourth-order valence-corrected chi connectivity index (χ4v) is 12.5. The highest BCUT2D eigenvalue weighted by Gasteiger charge is 2.38. The first kappa shape index (κ1) is 92.9. The van der Waals surface area contributed by atoms with E-state index in [-0.39, 0.29) is 38.9 Å². The molecule has 0 saturated heterocycles. The van der Waals surface area contributed by atoms with Gasteiger partial charge in [0.05, 0.1) is 19.8 Å². The van der Waals surface area contributed by atoms with Gasteiger partial charge in [0.1, 0.15) is 19.3 Å². The maximum atomic E-state index is 13.2. The van der Waals surface area contributed by atoms with E-state index in [9.17, 15) is 38.6 Å². The third-order valence-electron chi connectivity index (χ3n) is 17.7. The molecule has 96 heavy (non-hydrogen) atoms. The molecule has 0 rings (SSSR count). The number of unbranched alkanes of at least 4 members (excludes halogenated alkanes) is 44. The monoisotopic (exact) mass is 1380 g/mol. The molecule has 0 aromatic rings. The Morgan fingerprint density at radius 2 is 0.531 bits per heavy atom. The third-order valence-corrected chi connectivity index (χ3v) is 18.9. The molecular weight excluding hydrogens is 1230 g/mol. The molecule has 0 heterocycles. The van der Waals surface area contributed by atoms with E-state index in [0.717, 1.165) is 154 Å². The van der Waals surface area contributed by atoms with Crippen LogP contribution in [0.2, 0.25) is 0 Å². The van der Waals surface area contributed by atoms with Crippen molar-refractivity contribution in [3.8, 4) is 0 Å². The van der Waals surface area contributed by atoms with Crippen molar-refractivity contribution in [1.82, 2.24) is 0 Å². The molecule has 0 amide bonds. The number of allylic oxidation sites excluding steroid dienone is 8. The quantitative estimate of drug-likeness (QED) is 0.0171. The van der Waals surface area contributed by atoms with Gasteiger partial charge < -0.3 is 43.3 Å². The average molecular weight is 1380 g/mol. The molecule has 15 heteroatoms. The van der Waals surface area contributed by atoms with Gasteiger partial charge in [-0.3, -0.25) is 23.7 Å². The second-order valence-corrected chi connectivity index (χ2v) is 29.0. The lowest BCUT2D eigenvalue weighted by Crippen LogP contribution is -2.38. The lowest BCUT2D eigenvalue weighted by molar-refractivity contribution is -0.166. The van der Waals surface area contributed by atoms with E-state index in [1.54, 1.807) is 0 Å². The van der Waals surface area contributed by atoms with Crippen molar-refractivity contribution >= 4 is 31.5 Å². The van der Waals surface area contributed by atoms with Crippen molar-refractivity contribution in [2.75, 3.05) is 33.0 Å². The minimum atomic E-state index is -5.20. The molecule has 3 N–H and O–H groups in total. The first-order chi connectivity index (χ1) is 46.9. The summed E-state index contributed by atoms with van der Waals surface area (Å²) in [5.41, 5.74) is 0. The first-order valence-electron chi connectivity index (χ1n) is 40.1. The van der Waals surface area contributed by atoms with Crippen LogP contribution in [0.4, 0.5) is 0 Å². The molecule has 0 aliphatic heterocycles. The van der Waals surface area contributed by atoms with Crippen molar-refractivity contribution in [2.24, 2.45) is 0 Å². The van der Waals surface area contributed by atoms with E-state index in [0.29, 0.717) is 25.7 Å². The van der Waals surface area contributed by atoms with Gasteiger partial charge in [-0.25, -0.2) is 0 Å². The molecule has 14 nitrogen and oxygen atoms in total. The molecule has 2 unspecified atom stereocenters. The summed E-state index contributed by atoms with van der Waals surface area (Å²) in [7, 11) is -5.20. The van der Waals surface area contributed by atoms with Gasteiger partial charge in [0.15, 0.2) is 18.1 Å². The van der Waals surface area contributed by atoms with Gasteiger partial charge in [0, 0.05) is 25.7 Å². The lowest BCUT2D eigenvalue weighted by Gasteiger charge is -2.27. The Hall–Kier alpha value is -3.13. The van der Waals surface area contributed by atoms with Gasteiger partial charge in [-0.1, -0.05) is 282 Å². The van der Waals surface area contributed by atoms with E-state index in [2.05, 4.69) is 76.3 Å². The van der Waals surface area contributed by atoms with E-state index in [1.165, 1.54) is 154 Å². The van der Waals surface area contributed by atoms with Crippen LogP contribution in [-0.2, 0) is 52.2 Å². The molecule has 4 atom stereocenters. The largest absolute Gasteiger partial charge is 0.462 e. The smallest absolute Gasteiger partial charge is 0.356 e. The van der Waals surface area contributed by atoms with Crippen LogP contribution in [0.5, 0.6) is 0 Å². The van der Waals surface area contributed by atoms with Crippen LogP contribution in [0, 0.1) is 0 Å². The summed E-state index contributed by atoms with van der Waals surface area (Å²) in [4.78, 5) is 73.3. The lowest BCUT2D eigenvalue weighted by atomic mass is 10.1. The fraction of sp³-hybridized carbons (Fsp3) is 0.852. The van der Waals surface area contributed by atoms with Crippen LogP contribution in [0.25, 0.3) is 0 Å². The molecule has 0 aromatic carbocycles. The maximum Gasteiger partial charge on any atom is 0.356 e. The molecule has 562 valence electrons. The van der Waals surface area contributed by atoms with Crippen molar-refractivity contribution in [1.29, 1.82) is 0 Å². The Balaban J connectivity index is 5.56. The third kappa shape index (κ3) is 68.0. The van der Waals surface area contributed by atoms with Gasteiger partial charge in [-0.15, -0.1) is 0 Å². The number of hydrogen-bond donors (Lipinski definition) is 3. The van der Waals surface area contributed by atoms with Crippen LogP contribution < -0.4 is 0 Å². The van der Waals surface area contributed by atoms with Crippen LogP contribution >= 0.6 is 7.60 Å². The standard InChI is InChI=1S/C81H149O14P/c1-5-9-13-17-21-25-29-33-37-41-45-49-53-57-61-65-77(83)91-70-74(94-79(85)67-63-59-55-51-47-43-39-35-31-27-23-19-15-11-7-3)69-90-73-76(82)81(96(87,88)89)93-72-75(95-80(86)68-64-60-56-52-48-44-40-36-32-28-24-20-16-12-8-4)71-92-78(84)66-62-58-54-50-46-42-38-34-30-26-22-18-14-10-6-2/h33-40,74-76,81-82H,5-32,41-73H2,1-4H3,(H2,87,88,89)/b37-33-,38-34-,39-35-,40-36-/t74-,75+,76?,81?/m0/s1. The summed E-state index contributed by atoms with van der Waals surface area (Å²) >= 11 is 0. The summed E-state index contributed by atoms with van der Waals surface area (Å²) in [6.07, 6.45) is 73.3. The SMILES string of the molecule is CCCCCCCC/C=C\CCCCCCCC(=O)OC[C@H](COC(C(O)COC[C@@H](COC(=O)CCCCCCC/C=C\CCCCCCCC)OC(=O)CCCCCCC/C=C\CCCCCCCC)P(=O)(O)O)OC(=O)CCCCCCC/C=C\CCCCCCCC. The van der Waals surface area contributed by atoms with Crippen LogP contribution in [0.15, 0.2) is 48.6 Å². The van der Waals surface area contributed by atoms with Gasteiger partial charge in [0.25, 0.3) is 0 Å². The maximum absolute atomic E-state index is 13.2. The summed E-state index contributed by atoms with van der Waals surface area (Å²) in [5.74, 6) is -4.07. The van der Waals surface area contributed by atoms with Crippen LogP contribution in [0.1, 0.15) is 387 Å². The summed E-state index contributed by atoms with van der Waals surface area (Å²) in [6.45, 7) is 6.69. The topological polar surface area (TPSA) is 201 Å². The predicted molar refractivity (Wildman–Crippen MR) is 398 cm³/mol. The predicted octanol–water partition coefficient (Wildman–Crippen LogP) is 22.9. The molecule has 0 aromatic heterocycles. The molecule has 0 bridgehead atoms. The van der Waals surface area contributed by atoms with Crippen LogP contribution in [0.3, 0.4) is 0 Å². The van der Waals surface area contributed by atoms with E-state index >= 15 is 0 Å². The zero-order valence-corrected chi connectivity index (χ0v) is 63.2. The first-order valence-corrected chi connectivity index (χ1v) is 41.8. The van der Waals surface area contributed by atoms with E-state index in [4.69, 9.17) is 28.4 Å². The van der Waals surface area contributed by atoms with Crippen molar-refractivity contribution in [2.45, 2.75) is 411 Å². The Morgan fingerprint density at radius 3 is 0.792 bits per heavy atom. The summed E-state index contributed by atoms with van der Waals surface area (Å²) in [5, 5.41) is 11.3. The van der Waals surface area contributed by atoms with Crippen molar-refractivity contribution in [3.05, 3.63) is 48.6 Å². The highest BCUT2D eigenvalue weighted by molar-refractivity contribution is 7.52. The Labute approximate surface area is 588 Å². The van der Waals surface area contributed by atoms with Crippen molar-refractivity contribution < 1.29 is 67.1 Å². The summed E-state index contributed by atoms with van der Waals surface area (Å²) in [6, 6.07) is 0. The van der Waals surface area contributed by atoms with E-state index in [1.807, 2.05) is 0 Å². The Kier molecular flexibility index (Phi) is 70.7. The zero-order chi connectivity index (χ0) is 70.2. The second-order valence-electron chi connectivity index (χ2n) is 27.3. The average Bonchev–Trinajstić information content (AvgIpc) is 1.10. The minimum absolute atomic E-state index is 0.103. The van der Waals surface area contributed by atoms with Gasteiger partial charge in [0.2, 0.25) is 0 Å². The molecule has 0 fully saturated rings. The van der Waals surface area contributed by atoms with E-state index < -0.39 is 75.5 Å². The molecule has 0 saturated carbocycles. The highest BCUT2D eigenvalue weighted by atomic mass is 31.2. The normalized spacial score (nSPS) is 13.4. The van der Waals surface area contributed by atoms with Gasteiger partial charge >= 0.3 is 31.5 Å². The van der Waals surface area contributed by atoms with Gasteiger partial charge in [-0.05, 0) is 128 Å². The Morgan fingerprint density at radius 1 is 0.302 bits per heavy atom. The summed E-state index contributed by atoms with van der Waals surface area (Å²) < 4.78 is 47.0. The van der Waals surface area contributed by atoms with Crippen molar-refractivity contribution in [3.63, 3.8) is 0 Å². The number of esters is 4. The molecule has 0 aliphatic carbocycles. The zero-order valence-electron chi connectivity index (χ0n) is 62.3. The number of aliphatic hydroxyl groups excluding tert-OH is 1. The molecule has 0 spiro atoms. The Bertz CT molecular complexity index is 1900. The molecule has 0 aliphatic rings. The molecule has 0 radical (unpaired) electrons. The number of ether oxygens (including phenoxy) is 6. The number of hydrogen-bond acceptors (Lipinski definition) is 12. The van der Waals surface area contributed by atoms with Crippen LogP contribution in [-0.4, -0.2) is 96.0 Å². The number of aliphatic hydroxyl groups is 1. The van der Waals surface area contributed by atoms with Gasteiger partial charge in [-0.2, -0.15) is 0 Å². The highest BCUT2D eigenvalue weighted by Crippen LogP contribution is 2.44. The fourth-order valence-electron chi connectivity index (χ4n) is 11.6.